The van der Waals surface area contributed by atoms with Crippen molar-refractivity contribution in [1.82, 2.24) is 19.4 Å². The Balaban J connectivity index is 1.25. The molecule has 0 unspecified atom stereocenters. The predicted octanol–water partition coefficient (Wildman–Crippen LogP) is 11.3. The molecule has 4 nitrogen and oxygen atoms in total. The average Bonchev–Trinajstić information content (AvgIpc) is 3.85. The number of hydrogen-bond donors (Lipinski definition) is 0. The Bertz CT molecular complexity index is 3070. The van der Waals surface area contributed by atoms with E-state index < -0.39 is 5.41 Å². The standard InChI is InChI=1S/C48H28N4/c1-2-14-29(15-3-1)46-50-43(45-44(51-46)35-19-4-5-20-36(35)47-49-41-24-12-13-25-42(41)52(45)47)30-26-27-34-33-18-8-11-23-39(33)48(40(34)28-30)37-21-9-6-16-31(37)32-17-7-10-22-38(32)48/h1-28H. The lowest BCUT2D eigenvalue weighted by Gasteiger charge is -2.30. The monoisotopic (exact) mass is 660 g/mol. The van der Waals surface area contributed by atoms with Crippen molar-refractivity contribution in [3.05, 3.63) is 192 Å². The Kier molecular flexibility index (Phi) is 5.40. The molecule has 2 aliphatic rings. The molecule has 0 atom stereocenters. The molecule has 0 fully saturated rings. The van der Waals surface area contributed by atoms with Gasteiger partial charge >= 0.3 is 0 Å². The van der Waals surface area contributed by atoms with E-state index in [0.717, 1.165) is 55.3 Å². The van der Waals surface area contributed by atoms with Crippen molar-refractivity contribution in [2.75, 3.05) is 0 Å². The van der Waals surface area contributed by atoms with Crippen molar-refractivity contribution in [3.63, 3.8) is 0 Å². The van der Waals surface area contributed by atoms with Gasteiger partial charge in [0.25, 0.3) is 0 Å². The molecule has 12 rings (SSSR count). The Morgan fingerprint density at radius 2 is 1.00 bits per heavy atom. The molecule has 3 heterocycles. The summed E-state index contributed by atoms with van der Waals surface area (Å²) in [5.74, 6) is 0.701. The summed E-state index contributed by atoms with van der Waals surface area (Å²) in [6.07, 6.45) is 0. The largest absolute Gasteiger partial charge is 0.288 e. The normalized spacial score (nSPS) is 13.5. The van der Waals surface area contributed by atoms with Crippen molar-refractivity contribution >= 4 is 38.5 Å². The van der Waals surface area contributed by atoms with E-state index in [-0.39, 0.29) is 0 Å². The summed E-state index contributed by atoms with van der Waals surface area (Å²) >= 11 is 0. The molecule has 52 heavy (non-hydrogen) atoms. The molecule has 0 bridgehead atoms. The Morgan fingerprint density at radius 1 is 0.423 bits per heavy atom. The zero-order valence-corrected chi connectivity index (χ0v) is 28.0. The molecule has 0 amide bonds. The fourth-order valence-corrected chi connectivity index (χ4v) is 9.33. The fraction of sp³-hybridized carbons (Fsp3) is 0.0208. The third-order valence-corrected chi connectivity index (χ3v) is 11.4. The number of imidazole rings is 1. The summed E-state index contributed by atoms with van der Waals surface area (Å²) in [6, 6.07) is 61.1. The van der Waals surface area contributed by atoms with Crippen LogP contribution in [0, 0.1) is 0 Å². The van der Waals surface area contributed by atoms with E-state index in [4.69, 9.17) is 15.0 Å². The van der Waals surface area contributed by atoms with Gasteiger partial charge in [0.1, 0.15) is 11.2 Å². The van der Waals surface area contributed by atoms with E-state index in [9.17, 15) is 0 Å². The van der Waals surface area contributed by atoms with E-state index in [0.29, 0.717) is 5.82 Å². The molecule has 10 aromatic rings. The molecule has 1 spiro atoms. The number of para-hydroxylation sites is 2. The summed E-state index contributed by atoms with van der Waals surface area (Å²) in [6.45, 7) is 0. The van der Waals surface area contributed by atoms with Crippen LogP contribution in [0.1, 0.15) is 22.3 Å². The second-order valence-corrected chi connectivity index (χ2v) is 13.9. The number of rotatable bonds is 2. The van der Waals surface area contributed by atoms with Gasteiger partial charge in [-0.15, -0.1) is 0 Å². The minimum atomic E-state index is -0.454. The van der Waals surface area contributed by atoms with Gasteiger partial charge in [0.15, 0.2) is 5.82 Å². The van der Waals surface area contributed by atoms with E-state index in [1.54, 1.807) is 0 Å². The summed E-state index contributed by atoms with van der Waals surface area (Å²) in [7, 11) is 0. The van der Waals surface area contributed by atoms with Crippen LogP contribution in [-0.4, -0.2) is 19.4 Å². The highest BCUT2D eigenvalue weighted by atomic mass is 15.0. The third kappa shape index (κ3) is 3.43. The first kappa shape index (κ1) is 27.9. The van der Waals surface area contributed by atoms with Crippen molar-refractivity contribution in [1.29, 1.82) is 0 Å². The number of aromatic nitrogens is 4. The third-order valence-electron chi connectivity index (χ3n) is 11.4. The number of fused-ring (bicyclic) bond motifs is 18. The maximum Gasteiger partial charge on any atom is 0.160 e. The Labute approximate surface area is 299 Å². The second-order valence-electron chi connectivity index (χ2n) is 13.9. The van der Waals surface area contributed by atoms with Gasteiger partial charge in [-0.05, 0) is 62.7 Å². The summed E-state index contributed by atoms with van der Waals surface area (Å²) < 4.78 is 2.29. The van der Waals surface area contributed by atoms with Crippen LogP contribution in [-0.2, 0) is 5.41 Å². The van der Waals surface area contributed by atoms with E-state index >= 15 is 0 Å². The van der Waals surface area contributed by atoms with E-state index in [2.05, 4.69) is 168 Å². The zero-order chi connectivity index (χ0) is 34.0. The summed E-state index contributed by atoms with van der Waals surface area (Å²) in [4.78, 5) is 16.1. The number of benzene rings is 7. The smallest absolute Gasteiger partial charge is 0.160 e. The Hall–Kier alpha value is -6.91. The number of hydrogen-bond acceptors (Lipinski definition) is 3. The van der Waals surface area contributed by atoms with Gasteiger partial charge in [0.05, 0.1) is 27.7 Å². The first-order valence-corrected chi connectivity index (χ1v) is 17.8. The molecule has 240 valence electrons. The lowest BCUT2D eigenvalue weighted by Crippen LogP contribution is -2.25. The summed E-state index contributed by atoms with van der Waals surface area (Å²) in [5, 5.41) is 2.13. The lowest BCUT2D eigenvalue weighted by molar-refractivity contribution is 0.794. The van der Waals surface area contributed by atoms with Crippen LogP contribution in [0.3, 0.4) is 0 Å². The average molecular weight is 661 g/mol. The first-order chi connectivity index (χ1) is 25.8. The highest BCUT2D eigenvalue weighted by molar-refractivity contribution is 6.15. The van der Waals surface area contributed by atoms with Gasteiger partial charge in [-0.25, -0.2) is 15.0 Å². The molecule has 0 saturated heterocycles. The molecule has 3 aromatic heterocycles. The van der Waals surface area contributed by atoms with Crippen LogP contribution >= 0.6 is 0 Å². The summed E-state index contributed by atoms with van der Waals surface area (Å²) in [5.41, 5.74) is 17.6. The van der Waals surface area contributed by atoms with Gasteiger partial charge in [0.2, 0.25) is 0 Å². The van der Waals surface area contributed by atoms with Gasteiger partial charge in [-0.3, -0.25) is 4.40 Å². The van der Waals surface area contributed by atoms with E-state index in [1.807, 2.05) is 6.07 Å². The molecule has 2 aliphatic carbocycles. The van der Waals surface area contributed by atoms with Crippen LogP contribution < -0.4 is 0 Å². The van der Waals surface area contributed by atoms with Crippen LogP contribution in [0.25, 0.3) is 83.4 Å². The maximum absolute atomic E-state index is 5.50. The molecule has 0 N–H and O–H groups in total. The predicted molar refractivity (Wildman–Crippen MR) is 210 cm³/mol. The Morgan fingerprint density at radius 3 is 1.71 bits per heavy atom. The fourth-order valence-electron chi connectivity index (χ4n) is 9.33. The minimum Gasteiger partial charge on any atom is -0.288 e. The SMILES string of the molecule is c1ccc(-c2nc(-c3ccc4c(c3)C3(c5ccccc5-c5ccccc53)c3ccccc3-4)c3c(n2)c2ccccc2c2nc4ccccc4n23)cc1. The maximum atomic E-state index is 5.50. The number of nitrogens with zero attached hydrogens (tertiary/aromatic N) is 4. The molecule has 7 aromatic carbocycles. The highest BCUT2D eigenvalue weighted by Gasteiger charge is 2.51. The minimum absolute atomic E-state index is 0.454. The molecular weight excluding hydrogens is 633 g/mol. The van der Waals surface area contributed by atoms with Crippen molar-refractivity contribution in [3.8, 4) is 44.9 Å². The first-order valence-electron chi connectivity index (χ1n) is 17.8. The van der Waals surface area contributed by atoms with Crippen LogP contribution in [0.4, 0.5) is 0 Å². The number of pyridine rings is 1. The van der Waals surface area contributed by atoms with Gasteiger partial charge in [-0.2, -0.15) is 0 Å². The van der Waals surface area contributed by atoms with Crippen LogP contribution in [0.5, 0.6) is 0 Å². The second kappa shape index (κ2) is 10.1. The lowest BCUT2D eigenvalue weighted by atomic mass is 9.70. The van der Waals surface area contributed by atoms with Crippen molar-refractivity contribution in [2.24, 2.45) is 0 Å². The van der Waals surface area contributed by atoms with Crippen LogP contribution in [0.2, 0.25) is 0 Å². The van der Waals surface area contributed by atoms with Gasteiger partial charge in [-0.1, -0.05) is 152 Å². The van der Waals surface area contributed by atoms with E-state index in [1.165, 1.54) is 44.5 Å². The van der Waals surface area contributed by atoms with Gasteiger partial charge in [0, 0.05) is 21.9 Å². The topological polar surface area (TPSA) is 43.1 Å². The van der Waals surface area contributed by atoms with Crippen molar-refractivity contribution in [2.45, 2.75) is 5.41 Å². The zero-order valence-electron chi connectivity index (χ0n) is 28.0. The molecule has 0 saturated carbocycles. The molecular formula is C48H28N4. The quantitative estimate of drug-likeness (QED) is 0.173. The molecule has 4 heteroatoms. The highest BCUT2D eigenvalue weighted by Crippen LogP contribution is 2.63. The molecule has 0 aliphatic heterocycles. The molecule has 0 radical (unpaired) electrons. The van der Waals surface area contributed by atoms with Crippen molar-refractivity contribution < 1.29 is 0 Å². The van der Waals surface area contributed by atoms with Gasteiger partial charge < -0.3 is 0 Å². The van der Waals surface area contributed by atoms with Crippen LogP contribution in [0.15, 0.2) is 170 Å².